The van der Waals surface area contributed by atoms with E-state index in [1.165, 1.54) is 0 Å². The molecule has 0 aliphatic carbocycles. The van der Waals surface area contributed by atoms with E-state index in [4.69, 9.17) is 9.72 Å². The molecule has 258 valence electrons. The summed E-state index contributed by atoms with van der Waals surface area (Å²) in [7, 11) is 0. The summed E-state index contributed by atoms with van der Waals surface area (Å²) in [5.41, 5.74) is 4.66. The number of likely N-dealkylation sites (tertiary alicyclic amines) is 1. The maximum absolute atomic E-state index is 13.7. The van der Waals surface area contributed by atoms with E-state index in [1.807, 2.05) is 59.8 Å². The number of thioether (sulfide) groups is 1. The molecule has 1 aromatic heterocycles. The first-order chi connectivity index (χ1) is 24.6. The molecule has 2 heterocycles. The molecule has 5 aromatic rings. The van der Waals surface area contributed by atoms with Gasteiger partial charge in [0.1, 0.15) is 18.2 Å². The fourth-order valence-corrected chi connectivity index (χ4v) is 7.84. The zero-order chi connectivity index (χ0) is 34.6. The Hall–Kier alpha value is -4.82. The van der Waals surface area contributed by atoms with E-state index in [9.17, 15) is 9.59 Å². The number of carbonyl (C=O) groups is 2. The quantitative estimate of drug-likeness (QED) is 0.0940. The molecule has 2 amide bonds. The molecule has 0 spiro atoms. The van der Waals surface area contributed by atoms with Crippen LogP contribution in [0.25, 0.3) is 0 Å². The lowest BCUT2D eigenvalue weighted by molar-refractivity contribution is -0.134. The zero-order valence-corrected chi connectivity index (χ0v) is 29.5. The van der Waals surface area contributed by atoms with Gasteiger partial charge in [0.15, 0.2) is 0 Å². The standard InChI is InChI=1S/C42H46N4O3S/c1-2-33-23-26-45(27-24-33)40(47)39(44-41(48)49-30-34-15-7-3-8-16-34)25-28-50-31-38-29-46(32-43-38)42(35-17-9-4-10-18-35,36-19-11-5-12-20-36)37-21-13-6-14-22-37/h3-22,29,32-33,39H,2,23-28,30-31H2,1H3,(H,44,48). The van der Waals surface area contributed by atoms with Gasteiger partial charge in [0.2, 0.25) is 5.91 Å². The Kier molecular flexibility index (Phi) is 12.1. The van der Waals surface area contributed by atoms with Crippen LogP contribution in [0.2, 0.25) is 0 Å². The van der Waals surface area contributed by atoms with E-state index in [2.05, 4.69) is 95.8 Å². The van der Waals surface area contributed by atoms with Crippen molar-refractivity contribution in [1.29, 1.82) is 0 Å². The van der Waals surface area contributed by atoms with E-state index in [0.717, 1.165) is 60.3 Å². The zero-order valence-electron chi connectivity index (χ0n) is 28.7. The van der Waals surface area contributed by atoms with Crippen LogP contribution in [-0.4, -0.2) is 51.3 Å². The lowest BCUT2D eigenvalue weighted by Gasteiger charge is -2.37. The average Bonchev–Trinajstić information content (AvgIpc) is 3.66. The van der Waals surface area contributed by atoms with Gasteiger partial charge in [0, 0.05) is 25.0 Å². The predicted octanol–water partition coefficient (Wildman–Crippen LogP) is 8.29. The predicted molar refractivity (Wildman–Crippen MR) is 201 cm³/mol. The van der Waals surface area contributed by atoms with Crippen molar-refractivity contribution in [1.82, 2.24) is 19.8 Å². The third-order valence-electron chi connectivity index (χ3n) is 9.71. The van der Waals surface area contributed by atoms with E-state index in [-0.39, 0.29) is 12.5 Å². The van der Waals surface area contributed by atoms with E-state index < -0.39 is 17.7 Å². The van der Waals surface area contributed by atoms with Crippen LogP contribution in [0.5, 0.6) is 0 Å². The number of benzene rings is 4. The van der Waals surface area contributed by atoms with Crippen LogP contribution in [-0.2, 0) is 27.4 Å². The van der Waals surface area contributed by atoms with Gasteiger partial charge in [-0.05, 0) is 53.2 Å². The number of ether oxygens (including phenoxy) is 1. The molecule has 0 radical (unpaired) electrons. The number of rotatable bonds is 14. The molecule has 1 unspecified atom stereocenters. The highest BCUT2D eigenvalue weighted by molar-refractivity contribution is 7.98. The van der Waals surface area contributed by atoms with Crippen LogP contribution in [0, 0.1) is 5.92 Å². The van der Waals surface area contributed by atoms with Gasteiger partial charge in [-0.2, -0.15) is 11.8 Å². The number of nitrogens with zero attached hydrogens (tertiary/aromatic N) is 3. The summed E-state index contributed by atoms with van der Waals surface area (Å²) in [5.74, 6) is 1.97. The summed E-state index contributed by atoms with van der Waals surface area (Å²) < 4.78 is 7.73. The number of hydrogen-bond donors (Lipinski definition) is 1. The van der Waals surface area contributed by atoms with Crippen molar-refractivity contribution in [3.05, 3.63) is 162 Å². The maximum atomic E-state index is 13.7. The van der Waals surface area contributed by atoms with Gasteiger partial charge in [0.05, 0.1) is 12.0 Å². The number of piperidine rings is 1. The second kappa shape index (κ2) is 17.2. The molecule has 0 bridgehead atoms. The first-order valence-corrected chi connectivity index (χ1v) is 18.8. The number of hydrogen-bond acceptors (Lipinski definition) is 5. The smallest absolute Gasteiger partial charge is 0.408 e. The number of alkyl carbamates (subject to hydrolysis) is 1. The highest BCUT2D eigenvalue weighted by Gasteiger charge is 2.38. The maximum Gasteiger partial charge on any atom is 0.408 e. The molecule has 1 aliphatic heterocycles. The molecule has 1 N–H and O–H groups in total. The summed E-state index contributed by atoms with van der Waals surface area (Å²) >= 11 is 1.71. The fourth-order valence-electron chi connectivity index (χ4n) is 6.93. The molecule has 4 aromatic carbocycles. The Bertz CT molecular complexity index is 1680. The largest absolute Gasteiger partial charge is 0.445 e. The topological polar surface area (TPSA) is 76.5 Å². The normalized spacial score (nSPS) is 14.2. The third kappa shape index (κ3) is 8.30. The van der Waals surface area contributed by atoms with Gasteiger partial charge < -0.3 is 19.5 Å². The lowest BCUT2D eigenvalue weighted by atomic mass is 9.77. The van der Waals surface area contributed by atoms with Crippen molar-refractivity contribution < 1.29 is 14.3 Å². The van der Waals surface area contributed by atoms with Gasteiger partial charge in [-0.1, -0.05) is 135 Å². The molecule has 7 nitrogen and oxygen atoms in total. The first kappa shape index (κ1) is 35.0. The van der Waals surface area contributed by atoms with Crippen molar-refractivity contribution in [3.63, 3.8) is 0 Å². The van der Waals surface area contributed by atoms with Crippen molar-refractivity contribution in [2.24, 2.45) is 5.92 Å². The summed E-state index contributed by atoms with van der Waals surface area (Å²) in [6.45, 7) is 3.82. The second-order valence-corrected chi connectivity index (χ2v) is 14.0. The minimum absolute atomic E-state index is 0.0283. The van der Waals surface area contributed by atoms with Gasteiger partial charge in [0.25, 0.3) is 0 Å². The van der Waals surface area contributed by atoms with Crippen LogP contribution in [0.1, 0.15) is 60.6 Å². The Labute approximate surface area is 300 Å². The van der Waals surface area contributed by atoms with Crippen LogP contribution < -0.4 is 5.32 Å². The highest BCUT2D eigenvalue weighted by atomic mass is 32.2. The Morgan fingerprint density at radius 1 is 0.840 bits per heavy atom. The molecule has 1 aliphatic rings. The molecule has 1 saturated heterocycles. The van der Waals surface area contributed by atoms with Gasteiger partial charge >= 0.3 is 6.09 Å². The summed E-state index contributed by atoms with van der Waals surface area (Å²) in [6.07, 6.45) is 7.13. The van der Waals surface area contributed by atoms with Gasteiger partial charge in [-0.3, -0.25) is 4.79 Å². The summed E-state index contributed by atoms with van der Waals surface area (Å²) in [5, 5.41) is 2.90. The number of amides is 2. The van der Waals surface area contributed by atoms with E-state index in [1.54, 1.807) is 11.8 Å². The van der Waals surface area contributed by atoms with Gasteiger partial charge in [-0.15, -0.1) is 0 Å². The second-order valence-electron chi connectivity index (χ2n) is 12.9. The molecule has 8 heteroatoms. The van der Waals surface area contributed by atoms with Crippen molar-refractivity contribution in [2.45, 2.75) is 56.5 Å². The Balaban J connectivity index is 1.16. The molecular formula is C42H46N4O3S. The van der Waals surface area contributed by atoms with Crippen molar-refractivity contribution >= 4 is 23.8 Å². The highest BCUT2D eigenvalue weighted by Crippen LogP contribution is 2.41. The molecule has 6 rings (SSSR count). The first-order valence-electron chi connectivity index (χ1n) is 17.6. The molecule has 50 heavy (non-hydrogen) atoms. The molecule has 1 fully saturated rings. The number of carbonyl (C=O) groups excluding carboxylic acids is 2. The van der Waals surface area contributed by atoms with Crippen molar-refractivity contribution in [2.75, 3.05) is 18.8 Å². The van der Waals surface area contributed by atoms with E-state index >= 15 is 0 Å². The third-order valence-corrected chi connectivity index (χ3v) is 10.7. The average molecular weight is 687 g/mol. The lowest BCUT2D eigenvalue weighted by Crippen LogP contribution is -2.51. The van der Waals surface area contributed by atoms with Crippen molar-refractivity contribution in [3.8, 4) is 0 Å². The number of imidazole rings is 1. The minimum Gasteiger partial charge on any atom is -0.445 e. The van der Waals surface area contributed by atoms with Crippen LogP contribution in [0.15, 0.2) is 134 Å². The molecular weight excluding hydrogens is 641 g/mol. The van der Waals surface area contributed by atoms with E-state index in [0.29, 0.717) is 23.8 Å². The van der Waals surface area contributed by atoms with Crippen LogP contribution in [0.4, 0.5) is 4.79 Å². The Morgan fingerprint density at radius 3 is 1.92 bits per heavy atom. The molecule has 1 atom stereocenters. The van der Waals surface area contributed by atoms with Crippen LogP contribution >= 0.6 is 11.8 Å². The number of aromatic nitrogens is 2. The molecule has 0 saturated carbocycles. The summed E-state index contributed by atoms with van der Waals surface area (Å²) in [6, 6.07) is 40.6. The Morgan fingerprint density at radius 2 is 1.38 bits per heavy atom. The van der Waals surface area contributed by atoms with Gasteiger partial charge in [-0.25, -0.2) is 9.78 Å². The van der Waals surface area contributed by atoms with Crippen LogP contribution in [0.3, 0.4) is 0 Å². The fraction of sp³-hybridized carbons (Fsp3) is 0.310. The number of nitrogens with one attached hydrogen (secondary N) is 1. The SMILES string of the molecule is CCC1CCN(C(=O)C(CCSCc2cn(C(c3ccccc3)(c3ccccc3)c3ccccc3)cn2)NC(=O)OCc2ccccc2)CC1. The monoisotopic (exact) mass is 686 g/mol. The minimum atomic E-state index is -0.650. The summed E-state index contributed by atoms with van der Waals surface area (Å²) in [4.78, 5) is 33.4.